The molecule has 268 valence electrons. The van der Waals surface area contributed by atoms with Gasteiger partial charge in [0.25, 0.3) is 0 Å². The van der Waals surface area contributed by atoms with Crippen LogP contribution in [0.1, 0.15) is 48.3 Å². The number of rotatable bonds is 14. The number of aryl methyl sites for hydroxylation is 1. The van der Waals surface area contributed by atoms with Gasteiger partial charge in [-0.2, -0.15) is 0 Å². The number of carbonyl (C=O) groups excluding carboxylic acids is 1. The van der Waals surface area contributed by atoms with E-state index in [1.54, 1.807) is 21.3 Å². The third kappa shape index (κ3) is 7.71. The maximum atomic E-state index is 13.7. The van der Waals surface area contributed by atoms with Crippen molar-refractivity contribution in [2.24, 2.45) is 5.41 Å². The van der Waals surface area contributed by atoms with Crippen molar-refractivity contribution in [2.45, 2.75) is 58.2 Å². The van der Waals surface area contributed by atoms with Crippen molar-refractivity contribution in [1.29, 1.82) is 0 Å². The number of benzene rings is 3. The summed E-state index contributed by atoms with van der Waals surface area (Å²) in [6.45, 7) is 6.77. The quantitative estimate of drug-likeness (QED) is 0.134. The van der Waals surface area contributed by atoms with Gasteiger partial charge in [0.1, 0.15) is 11.5 Å². The summed E-state index contributed by atoms with van der Waals surface area (Å²) in [7, 11) is 4.83. The Balaban J connectivity index is 1.01. The lowest BCUT2D eigenvalue weighted by atomic mass is 9.77. The number of para-hydroxylation sites is 2. The van der Waals surface area contributed by atoms with E-state index < -0.39 is 0 Å². The number of amides is 1. The van der Waals surface area contributed by atoms with Crippen molar-refractivity contribution in [3.63, 3.8) is 0 Å². The molecule has 2 saturated heterocycles. The number of nitrogens with one attached hydrogen (secondary N) is 1. The van der Waals surface area contributed by atoms with Crippen LogP contribution < -0.4 is 19.5 Å². The van der Waals surface area contributed by atoms with Gasteiger partial charge in [0.05, 0.1) is 38.9 Å². The minimum Gasteiger partial charge on any atom is -0.493 e. The van der Waals surface area contributed by atoms with E-state index in [9.17, 15) is 4.79 Å². The number of fused-ring (bicyclic) bond motifs is 1. The Hall–Kier alpha value is -4.96. The fraction of sp³-hybridized carbons (Fsp3) is 0.415. The molecular weight excluding hydrogens is 642 g/mol. The average Bonchev–Trinajstić information content (AvgIpc) is 3.82. The predicted octanol–water partition coefficient (Wildman–Crippen LogP) is 6.94. The third-order valence-electron chi connectivity index (χ3n) is 10.6. The largest absolute Gasteiger partial charge is 0.493 e. The number of anilines is 1. The maximum absolute atomic E-state index is 13.7. The number of hydrogen-bond donors (Lipinski definition) is 1. The first-order valence-corrected chi connectivity index (χ1v) is 18.0. The summed E-state index contributed by atoms with van der Waals surface area (Å²) in [5, 5.41) is 3.79. The van der Waals surface area contributed by atoms with Gasteiger partial charge in [0, 0.05) is 44.1 Å². The second kappa shape index (κ2) is 15.1. The van der Waals surface area contributed by atoms with Gasteiger partial charge < -0.3 is 38.3 Å². The number of furan rings is 1. The molecule has 2 aliphatic heterocycles. The molecule has 1 unspecified atom stereocenters. The Labute approximate surface area is 300 Å². The second-order valence-electron chi connectivity index (χ2n) is 14.2. The molecule has 2 aliphatic rings. The van der Waals surface area contributed by atoms with E-state index in [0.717, 1.165) is 79.4 Å². The van der Waals surface area contributed by atoms with Gasteiger partial charge in [-0.1, -0.05) is 42.5 Å². The van der Waals surface area contributed by atoms with Gasteiger partial charge in [0.2, 0.25) is 17.6 Å². The molecule has 3 aromatic carbocycles. The van der Waals surface area contributed by atoms with E-state index >= 15 is 0 Å². The fourth-order valence-electron chi connectivity index (χ4n) is 7.93. The number of nitrogens with zero attached hydrogens (tertiary/aromatic N) is 4. The number of hydrogen-bond acceptors (Lipinski definition) is 8. The lowest BCUT2D eigenvalue weighted by Gasteiger charge is -2.36. The third-order valence-corrected chi connectivity index (χ3v) is 10.6. The smallest absolute Gasteiger partial charge is 0.223 e. The van der Waals surface area contributed by atoms with Crippen molar-refractivity contribution in [2.75, 3.05) is 52.8 Å². The molecule has 1 N–H and O–H groups in total. The summed E-state index contributed by atoms with van der Waals surface area (Å²) < 4.78 is 24.9. The molecule has 0 bridgehead atoms. The highest BCUT2D eigenvalue weighted by molar-refractivity contribution is 5.80. The Kier molecular flexibility index (Phi) is 10.2. The SMILES string of the molecule is COc1cc(CN2CC(CCN3CCC(Nc4nc5ccccc5n4Cc4ccc(C)o4)CC3)(Cc3ccccc3)CC2=O)cc(OC)c1OC. The first-order chi connectivity index (χ1) is 24.8. The van der Waals surface area contributed by atoms with Crippen molar-refractivity contribution in [3.05, 3.63) is 102 Å². The molecule has 0 spiro atoms. The number of methoxy groups -OCH3 is 3. The Morgan fingerprint density at radius 3 is 2.29 bits per heavy atom. The zero-order valence-electron chi connectivity index (χ0n) is 30.2. The van der Waals surface area contributed by atoms with E-state index in [1.807, 2.05) is 42.2 Å². The molecule has 1 atom stereocenters. The molecule has 0 saturated carbocycles. The van der Waals surface area contributed by atoms with Crippen LogP contribution in [0.5, 0.6) is 17.2 Å². The number of piperidine rings is 1. The van der Waals surface area contributed by atoms with Gasteiger partial charge in [-0.3, -0.25) is 4.79 Å². The zero-order chi connectivity index (χ0) is 35.4. The van der Waals surface area contributed by atoms with Gasteiger partial charge in [-0.15, -0.1) is 0 Å². The number of carbonyl (C=O) groups is 1. The molecule has 10 nitrogen and oxygen atoms in total. The van der Waals surface area contributed by atoms with Crippen LogP contribution in [0, 0.1) is 12.3 Å². The molecule has 0 radical (unpaired) electrons. The van der Waals surface area contributed by atoms with E-state index in [1.165, 1.54) is 5.56 Å². The highest BCUT2D eigenvalue weighted by Crippen LogP contribution is 2.42. The number of imidazole rings is 1. The molecule has 4 heterocycles. The van der Waals surface area contributed by atoms with Crippen LogP contribution in [0.2, 0.25) is 0 Å². The van der Waals surface area contributed by atoms with E-state index in [4.69, 9.17) is 23.6 Å². The van der Waals surface area contributed by atoms with Crippen LogP contribution in [-0.4, -0.2) is 78.8 Å². The summed E-state index contributed by atoms with van der Waals surface area (Å²) in [6.07, 6.45) is 4.42. The lowest BCUT2D eigenvalue weighted by molar-refractivity contribution is -0.128. The minimum atomic E-state index is -0.150. The minimum absolute atomic E-state index is 0.150. The Bertz CT molecular complexity index is 1920. The summed E-state index contributed by atoms with van der Waals surface area (Å²) in [6, 6.07) is 27.2. The maximum Gasteiger partial charge on any atom is 0.223 e. The average molecular weight is 692 g/mol. The summed E-state index contributed by atoms with van der Waals surface area (Å²) >= 11 is 0. The van der Waals surface area contributed by atoms with Gasteiger partial charge in [0.15, 0.2) is 11.5 Å². The van der Waals surface area contributed by atoms with Gasteiger partial charge in [-0.25, -0.2) is 4.98 Å². The zero-order valence-corrected chi connectivity index (χ0v) is 30.2. The van der Waals surface area contributed by atoms with E-state index in [0.29, 0.717) is 49.3 Å². The molecule has 2 fully saturated rings. The van der Waals surface area contributed by atoms with Crippen LogP contribution in [0.25, 0.3) is 11.0 Å². The van der Waals surface area contributed by atoms with Crippen LogP contribution in [0.4, 0.5) is 5.95 Å². The van der Waals surface area contributed by atoms with Crippen LogP contribution >= 0.6 is 0 Å². The topological polar surface area (TPSA) is 94.2 Å². The van der Waals surface area contributed by atoms with Crippen molar-refractivity contribution in [1.82, 2.24) is 19.4 Å². The Morgan fingerprint density at radius 2 is 1.61 bits per heavy atom. The summed E-state index contributed by atoms with van der Waals surface area (Å²) in [5.74, 6) is 4.66. The molecule has 10 heteroatoms. The van der Waals surface area contributed by atoms with Crippen molar-refractivity contribution in [3.8, 4) is 17.2 Å². The highest BCUT2D eigenvalue weighted by atomic mass is 16.5. The first kappa shape index (κ1) is 34.5. The van der Waals surface area contributed by atoms with E-state index in [-0.39, 0.29) is 11.3 Å². The monoisotopic (exact) mass is 691 g/mol. The highest BCUT2D eigenvalue weighted by Gasteiger charge is 2.43. The van der Waals surface area contributed by atoms with Crippen LogP contribution in [0.15, 0.2) is 83.3 Å². The first-order valence-electron chi connectivity index (χ1n) is 18.0. The number of aromatic nitrogens is 2. The lowest BCUT2D eigenvalue weighted by Crippen LogP contribution is -2.42. The molecule has 1 amide bonds. The number of ether oxygens (including phenoxy) is 3. The Morgan fingerprint density at radius 1 is 0.882 bits per heavy atom. The molecular formula is C41H49N5O5. The molecule has 51 heavy (non-hydrogen) atoms. The van der Waals surface area contributed by atoms with Crippen molar-refractivity contribution >= 4 is 22.9 Å². The van der Waals surface area contributed by atoms with Crippen LogP contribution in [-0.2, 0) is 24.3 Å². The molecule has 2 aromatic heterocycles. The van der Waals surface area contributed by atoms with E-state index in [2.05, 4.69) is 63.3 Å². The summed E-state index contributed by atoms with van der Waals surface area (Å²) in [5.41, 5.74) is 4.16. The van der Waals surface area contributed by atoms with Crippen LogP contribution in [0.3, 0.4) is 0 Å². The standard InChI is InChI=1S/C41H49N5O5/c1-29-14-15-33(51-29)27-46-35-13-9-8-12-34(35)43-40(46)42-32-16-19-44(20-17-32)21-18-41(24-30-10-6-5-7-11-30)25-38(47)45(28-41)26-31-22-36(48-2)39(50-4)37(23-31)49-3/h5-15,22-23,32H,16-21,24-28H2,1-4H3,(H,42,43). The van der Waals surface area contributed by atoms with Gasteiger partial charge >= 0.3 is 0 Å². The summed E-state index contributed by atoms with van der Waals surface area (Å²) in [4.78, 5) is 23.3. The van der Waals surface area contributed by atoms with Crippen molar-refractivity contribution < 1.29 is 23.4 Å². The second-order valence-corrected chi connectivity index (χ2v) is 14.2. The molecule has 0 aliphatic carbocycles. The fourth-order valence-corrected chi connectivity index (χ4v) is 7.93. The normalized spacial score (nSPS) is 18.4. The molecule has 7 rings (SSSR count). The molecule has 5 aromatic rings. The number of likely N-dealkylation sites (tertiary alicyclic amines) is 2. The van der Waals surface area contributed by atoms with Gasteiger partial charge in [-0.05, 0) is 86.7 Å². The predicted molar refractivity (Wildman–Crippen MR) is 199 cm³/mol.